The fraction of sp³-hybridized carbons (Fsp3) is 0.600. The standard InChI is InChI=1S/C10H16N2O5/c1-17-8(6-14)2-3-12-4-7(5-13)9(15)11-10(12)16/h4,8,13-14H,2-3,5-6H2,1H3,(H,11,15,16). The Hall–Kier alpha value is -1.44. The van der Waals surface area contributed by atoms with Crippen LogP contribution in [-0.4, -0.2) is 39.6 Å². The van der Waals surface area contributed by atoms with E-state index in [1.54, 1.807) is 0 Å². The largest absolute Gasteiger partial charge is 0.394 e. The number of hydrogen-bond donors (Lipinski definition) is 3. The number of aliphatic hydroxyl groups is 2. The van der Waals surface area contributed by atoms with Crippen molar-refractivity contribution in [3.8, 4) is 0 Å². The van der Waals surface area contributed by atoms with E-state index in [-0.39, 0.29) is 18.3 Å². The van der Waals surface area contributed by atoms with E-state index in [2.05, 4.69) is 4.98 Å². The van der Waals surface area contributed by atoms with Gasteiger partial charge in [-0.2, -0.15) is 0 Å². The number of aromatic amines is 1. The molecule has 0 radical (unpaired) electrons. The third-order valence-electron chi connectivity index (χ3n) is 2.48. The van der Waals surface area contributed by atoms with Crippen LogP contribution in [0.3, 0.4) is 0 Å². The summed E-state index contributed by atoms with van der Waals surface area (Å²) in [5, 5.41) is 17.8. The fourth-order valence-electron chi connectivity index (χ4n) is 1.40. The second-order valence-corrected chi connectivity index (χ2v) is 3.59. The molecule has 0 saturated carbocycles. The molecule has 0 aliphatic carbocycles. The van der Waals surface area contributed by atoms with Crippen molar-refractivity contribution in [1.29, 1.82) is 0 Å². The van der Waals surface area contributed by atoms with Crippen molar-refractivity contribution in [1.82, 2.24) is 9.55 Å². The van der Waals surface area contributed by atoms with Crippen LogP contribution in [0.2, 0.25) is 0 Å². The predicted molar refractivity (Wildman–Crippen MR) is 59.7 cm³/mol. The number of nitrogens with zero attached hydrogens (tertiary/aromatic N) is 1. The van der Waals surface area contributed by atoms with Gasteiger partial charge in [-0.3, -0.25) is 9.78 Å². The zero-order chi connectivity index (χ0) is 12.8. The van der Waals surface area contributed by atoms with Crippen LogP contribution in [0.4, 0.5) is 0 Å². The van der Waals surface area contributed by atoms with Crippen LogP contribution in [0.25, 0.3) is 0 Å². The van der Waals surface area contributed by atoms with Crippen molar-refractivity contribution < 1.29 is 14.9 Å². The van der Waals surface area contributed by atoms with Gasteiger partial charge in [-0.05, 0) is 6.42 Å². The molecule has 1 unspecified atom stereocenters. The van der Waals surface area contributed by atoms with Crippen LogP contribution in [-0.2, 0) is 17.9 Å². The van der Waals surface area contributed by atoms with Gasteiger partial charge in [-0.1, -0.05) is 0 Å². The van der Waals surface area contributed by atoms with Gasteiger partial charge in [-0.25, -0.2) is 4.79 Å². The average Bonchev–Trinajstić information content (AvgIpc) is 2.32. The van der Waals surface area contributed by atoms with Crippen molar-refractivity contribution in [2.75, 3.05) is 13.7 Å². The fourth-order valence-corrected chi connectivity index (χ4v) is 1.40. The first kappa shape index (κ1) is 13.6. The zero-order valence-corrected chi connectivity index (χ0v) is 9.55. The van der Waals surface area contributed by atoms with E-state index in [4.69, 9.17) is 14.9 Å². The summed E-state index contributed by atoms with van der Waals surface area (Å²) in [6.07, 6.45) is 1.39. The Bertz CT molecular complexity index is 460. The van der Waals surface area contributed by atoms with Gasteiger partial charge in [0.1, 0.15) is 0 Å². The van der Waals surface area contributed by atoms with Crippen molar-refractivity contribution in [2.24, 2.45) is 0 Å². The summed E-state index contributed by atoms with van der Waals surface area (Å²) in [6.45, 7) is -0.271. The molecule has 17 heavy (non-hydrogen) atoms. The third-order valence-corrected chi connectivity index (χ3v) is 2.48. The molecule has 1 aromatic rings. The maximum Gasteiger partial charge on any atom is 0.328 e. The van der Waals surface area contributed by atoms with Gasteiger partial charge in [0.25, 0.3) is 5.56 Å². The monoisotopic (exact) mass is 244 g/mol. The molecule has 0 spiro atoms. The van der Waals surface area contributed by atoms with Crippen molar-refractivity contribution in [2.45, 2.75) is 25.7 Å². The first-order chi connectivity index (χ1) is 8.12. The first-order valence-corrected chi connectivity index (χ1v) is 5.19. The summed E-state index contributed by atoms with van der Waals surface area (Å²) in [7, 11) is 1.47. The minimum Gasteiger partial charge on any atom is -0.394 e. The molecule has 96 valence electrons. The molecule has 0 bridgehead atoms. The van der Waals surface area contributed by atoms with Crippen molar-refractivity contribution >= 4 is 0 Å². The average molecular weight is 244 g/mol. The minimum atomic E-state index is -0.584. The lowest BCUT2D eigenvalue weighted by Gasteiger charge is -2.13. The number of aliphatic hydroxyl groups excluding tert-OH is 2. The molecule has 1 atom stereocenters. The predicted octanol–water partition coefficient (Wildman–Crippen LogP) is -1.57. The van der Waals surface area contributed by atoms with E-state index in [0.717, 1.165) is 0 Å². The molecule has 0 amide bonds. The normalized spacial score (nSPS) is 12.6. The second-order valence-electron chi connectivity index (χ2n) is 3.59. The molecule has 3 N–H and O–H groups in total. The molecule has 0 aromatic carbocycles. The Morgan fingerprint density at radius 3 is 2.71 bits per heavy atom. The maximum absolute atomic E-state index is 11.4. The summed E-state index contributed by atoms with van der Waals surface area (Å²) in [5.74, 6) is 0. The summed E-state index contributed by atoms with van der Waals surface area (Å²) in [6, 6.07) is 0. The van der Waals surface area contributed by atoms with E-state index >= 15 is 0 Å². The Balaban J connectivity index is 2.84. The molecule has 0 fully saturated rings. The molecule has 7 nitrogen and oxygen atoms in total. The number of nitrogens with one attached hydrogen (secondary N) is 1. The quantitative estimate of drug-likeness (QED) is 0.560. The highest BCUT2D eigenvalue weighted by Gasteiger charge is 2.08. The van der Waals surface area contributed by atoms with Crippen LogP contribution in [0, 0.1) is 0 Å². The molecule has 0 aliphatic heterocycles. The highest BCUT2D eigenvalue weighted by Crippen LogP contribution is 1.98. The number of aryl methyl sites for hydroxylation is 1. The van der Waals surface area contributed by atoms with Crippen LogP contribution in [0.15, 0.2) is 15.8 Å². The highest BCUT2D eigenvalue weighted by molar-refractivity contribution is 5.02. The van der Waals surface area contributed by atoms with Gasteiger partial charge < -0.3 is 19.5 Å². The van der Waals surface area contributed by atoms with Crippen LogP contribution in [0.1, 0.15) is 12.0 Å². The van der Waals surface area contributed by atoms with Crippen LogP contribution in [0.5, 0.6) is 0 Å². The van der Waals surface area contributed by atoms with E-state index in [9.17, 15) is 9.59 Å². The van der Waals surface area contributed by atoms with E-state index in [1.807, 2.05) is 0 Å². The summed E-state index contributed by atoms with van der Waals surface area (Å²) < 4.78 is 6.23. The lowest BCUT2D eigenvalue weighted by atomic mass is 10.2. The van der Waals surface area contributed by atoms with Crippen LogP contribution >= 0.6 is 0 Å². The molecule has 1 rings (SSSR count). The summed E-state index contributed by atoms with van der Waals surface area (Å²) in [5.41, 5.74) is -0.998. The van der Waals surface area contributed by atoms with Crippen molar-refractivity contribution in [3.05, 3.63) is 32.6 Å². The Morgan fingerprint density at radius 2 is 2.18 bits per heavy atom. The molecular weight excluding hydrogens is 228 g/mol. The van der Waals surface area contributed by atoms with E-state index < -0.39 is 17.9 Å². The topological polar surface area (TPSA) is 105 Å². The van der Waals surface area contributed by atoms with E-state index in [0.29, 0.717) is 13.0 Å². The summed E-state index contributed by atoms with van der Waals surface area (Å²) >= 11 is 0. The van der Waals surface area contributed by atoms with Gasteiger partial charge in [0.2, 0.25) is 0 Å². The summed E-state index contributed by atoms with van der Waals surface area (Å²) in [4.78, 5) is 24.7. The number of ether oxygens (including phenoxy) is 1. The number of methoxy groups -OCH3 is 1. The number of hydrogen-bond acceptors (Lipinski definition) is 5. The van der Waals surface area contributed by atoms with Gasteiger partial charge in [-0.15, -0.1) is 0 Å². The second kappa shape index (κ2) is 6.33. The molecular formula is C10H16N2O5. The van der Waals surface area contributed by atoms with Gasteiger partial charge >= 0.3 is 5.69 Å². The highest BCUT2D eigenvalue weighted by atomic mass is 16.5. The first-order valence-electron chi connectivity index (χ1n) is 5.19. The maximum atomic E-state index is 11.4. The lowest BCUT2D eigenvalue weighted by molar-refractivity contribution is 0.0401. The molecule has 0 aliphatic rings. The number of rotatable bonds is 6. The number of aromatic nitrogens is 2. The smallest absolute Gasteiger partial charge is 0.328 e. The lowest BCUT2D eigenvalue weighted by Crippen LogP contribution is -2.33. The molecule has 0 saturated heterocycles. The third kappa shape index (κ3) is 3.52. The van der Waals surface area contributed by atoms with E-state index in [1.165, 1.54) is 17.9 Å². The Kier molecular flexibility index (Phi) is 5.08. The Labute approximate surface area is 97.3 Å². The molecule has 1 aromatic heterocycles. The zero-order valence-electron chi connectivity index (χ0n) is 9.55. The van der Waals surface area contributed by atoms with Gasteiger partial charge in [0.05, 0.1) is 24.9 Å². The van der Waals surface area contributed by atoms with Gasteiger partial charge in [0, 0.05) is 19.9 Å². The van der Waals surface area contributed by atoms with Crippen molar-refractivity contribution in [3.63, 3.8) is 0 Å². The van der Waals surface area contributed by atoms with Gasteiger partial charge in [0.15, 0.2) is 0 Å². The SMILES string of the molecule is COC(CO)CCn1cc(CO)c(=O)[nH]c1=O. The molecule has 1 heterocycles. The Morgan fingerprint density at radius 1 is 1.47 bits per heavy atom. The minimum absolute atomic E-state index is 0.127. The molecule has 7 heteroatoms. The van der Waals surface area contributed by atoms with Crippen LogP contribution < -0.4 is 11.2 Å². The number of H-pyrrole nitrogens is 1.